The second kappa shape index (κ2) is 3.82. The molecule has 1 heterocycles. The topological polar surface area (TPSA) is 40.9 Å². The number of thiophene rings is 1. The summed E-state index contributed by atoms with van der Waals surface area (Å²) in [6.45, 7) is 0. The molecule has 4 heteroatoms. The Morgan fingerprint density at radius 3 is 2.93 bits per heavy atom. The van der Waals surface area contributed by atoms with Gasteiger partial charge in [0.1, 0.15) is 5.40 Å². The van der Waals surface area contributed by atoms with Crippen molar-refractivity contribution in [2.24, 2.45) is 0 Å². The van der Waals surface area contributed by atoms with Gasteiger partial charge in [0.25, 0.3) is 0 Å². The van der Waals surface area contributed by atoms with Crippen molar-refractivity contribution >= 4 is 39.5 Å². The van der Waals surface area contributed by atoms with Crippen molar-refractivity contribution in [3.8, 4) is 5.40 Å². The van der Waals surface area contributed by atoms with Gasteiger partial charge >= 0.3 is 0 Å². The summed E-state index contributed by atoms with van der Waals surface area (Å²) in [5, 5.41) is 11.6. The summed E-state index contributed by atoms with van der Waals surface area (Å²) in [6, 6.07) is 7.71. The number of hydrogen-bond donors (Lipinski definition) is 0. The molecule has 2 aromatic rings. The Morgan fingerprint density at radius 2 is 2.21 bits per heavy atom. The fourth-order valence-electron chi connectivity index (χ4n) is 1.27. The average Bonchev–Trinajstić information content (AvgIpc) is 2.58. The number of fused-ring (bicyclic) bond motifs is 1. The summed E-state index contributed by atoms with van der Waals surface area (Å²) in [5.41, 5.74) is 0. The predicted molar refractivity (Wildman–Crippen MR) is 58.7 cm³/mol. The summed E-state index contributed by atoms with van der Waals surface area (Å²) >= 11 is 2.47. The average molecular weight is 219 g/mol. The minimum absolute atomic E-state index is 0.637. The van der Waals surface area contributed by atoms with Crippen molar-refractivity contribution in [1.82, 2.24) is 0 Å². The minimum Gasteiger partial charge on any atom is -0.297 e. The third-order valence-electron chi connectivity index (χ3n) is 1.83. The normalized spacial score (nSPS) is 9.93. The molecule has 0 radical (unpaired) electrons. The van der Waals surface area contributed by atoms with Gasteiger partial charge in [-0.25, -0.2) is 0 Å². The Morgan fingerprint density at radius 1 is 1.43 bits per heavy atom. The van der Waals surface area contributed by atoms with Gasteiger partial charge in [-0.15, -0.1) is 11.3 Å². The molecule has 0 fully saturated rings. The van der Waals surface area contributed by atoms with E-state index < -0.39 is 0 Å². The highest BCUT2D eigenvalue weighted by Gasteiger charge is 2.10. The quantitative estimate of drug-likeness (QED) is 0.442. The van der Waals surface area contributed by atoms with E-state index in [1.165, 1.54) is 11.3 Å². The van der Waals surface area contributed by atoms with Gasteiger partial charge in [0, 0.05) is 10.1 Å². The van der Waals surface area contributed by atoms with Gasteiger partial charge in [-0.05, 0) is 17.8 Å². The van der Waals surface area contributed by atoms with Crippen LogP contribution in [0, 0.1) is 10.7 Å². The molecule has 0 aliphatic rings. The van der Waals surface area contributed by atoms with Gasteiger partial charge in [-0.1, -0.05) is 18.2 Å². The lowest BCUT2D eigenvalue weighted by Crippen LogP contribution is -1.73. The first-order chi connectivity index (χ1) is 6.86. The third-order valence-corrected chi connectivity index (χ3v) is 3.79. The summed E-state index contributed by atoms with van der Waals surface area (Å²) < 4.78 is 1.05. The number of nitrogens with zero attached hydrogens (tertiary/aromatic N) is 1. The van der Waals surface area contributed by atoms with E-state index >= 15 is 0 Å². The molecule has 0 unspecified atom stereocenters. The molecule has 1 aromatic carbocycles. The van der Waals surface area contributed by atoms with Gasteiger partial charge in [-0.3, -0.25) is 4.79 Å². The molecule has 0 atom stereocenters. The number of nitriles is 1. The number of rotatable bonds is 2. The van der Waals surface area contributed by atoms with E-state index in [0.29, 0.717) is 4.88 Å². The Bertz CT molecular complexity index is 524. The first-order valence-corrected chi connectivity index (χ1v) is 5.52. The Hall–Kier alpha value is -1.31. The first kappa shape index (κ1) is 9.25. The van der Waals surface area contributed by atoms with Crippen LogP contribution in [-0.2, 0) is 0 Å². The molecular weight excluding hydrogens is 214 g/mol. The second-order valence-electron chi connectivity index (χ2n) is 2.60. The number of benzene rings is 1. The van der Waals surface area contributed by atoms with Crippen LogP contribution in [0.15, 0.2) is 29.2 Å². The van der Waals surface area contributed by atoms with Crippen molar-refractivity contribution in [1.29, 1.82) is 5.26 Å². The smallest absolute Gasteiger partial charge is 0.161 e. The van der Waals surface area contributed by atoms with Crippen LogP contribution in [0.1, 0.15) is 9.67 Å². The van der Waals surface area contributed by atoms with Gasteiger partial charge in [0.2, 0.25) is 0 Å². The van der Waals surface area contributed by atoms with Crippen LogP contribution in [0.5, 0.6) is 0 Å². The van der Waals surface area contributed by atoms with E-state index in [1.807, 2.05) is 29.7 Å². The zero-order valence-corrected chi connectivity index (χ0v) is 8.69. The highest BCUT2D eigenvalue weighted by atomic mass is 32.2. The van der Waals surface area contributed by atoms with Crippen LogP contribution in [0.4, 0.5) is 0 Å². The highest BCUT2D eigenvalue weighted by Crippen LogP contribution is 2.36. The van der Waals surface area contributed by atoms with Gasteiger partial charge in [0.05, 0.1) is 9.77 Å². The number of aldehydes is 1. The fraction of sp³-hybridized carbons (Fsp3) is 0. The Kier molecular flexibility index (Phi) is 2.53. The molecule has 0 bridgehead atoms. The predicted octanol–water partition coefficient (Wildman–Crippen LogP) is 3.29. The summed E-state index contributed by atoms with van der Waals surface area (Å²) in [5.74, 6) is 0. The molecule has 14 heavy (non-hydrogen) atoms. The lowest BCUT2D eigenvalue weighted by Gasteiger charge is -1.90. The molecule has 0 aliphatic heterocycles. The molecule has 0 N–H and O–H groups in total. The van der Waals surface area contributed by atoms with E-state index in [-0.39, 0.29) is 0 Å². The lowest BCUT2D eigenvalue weighted by molar-refractivity contribution is 0.112. The molecule has 1 aromatic heterocycles. The maximum Gasteiger partial charge on any atom is 0.161 e. The van der Waals surface area contributed by atoms with Gasteiger partial charge in [0.15, 0.2) is 6.29 Å². The van der Waals surface area contributed by atoms with E-state index in [9.17, 15) is 4.79 Å². The minimum atomic E-state index is 0.637. The Balaban J connectivity index is 2.75. The first-order valence-electron chi connectivity index (χ1n) is 3.89. The van der Waals surface area contributed by atoms with E-state index in [1.54, 1.807) is 0 Å². The van der Waals surface area contributed by atoms with E-state index in [2.05, 4.69) is 0 Å². The number of thioether (sulfide) groups is 1. The summed E-state index contributed by atoms with van der Waals surface area (Å²) in [7, 11) is 0. The van der Waals surface area contributed by atoms with E-state index in [0.717, 1.165) is 33.0 Å². The zero-order valence-electron chi connectivity index (χ0n) is 7.06. The van der Waals surface area contributed by atoms with Crippen molar-refractivity contribution in [2.75, 3.05) is 0 Å². The van der Waals surface area contributed by atoms with Gasteiger partial charge < -0.3 is 0 Å². The molecular formula is C10H5NOS2. The number of carbonyl (C=O) groups excluding carboxylic acids is 1. The number of hydrogen-bond acceptors (Lipinski definition) is 4. The highest BCUT2D eigenvalue weighted by molar-refractivity contribution is 8.04. The van der Waals surface area contributed by atoms with Crippen LogP contribution < -0.4 is 0 Å². The molecule has 0 amide bonds. The third kappa shape index (κ3) is 1.41. The monoisotopic (exact) mass is 219 g/mol. The van der Waals surface area contributed by atoms with Crippen LogP contribution in [-0.4, -0.2) is 6.29 Å². The van der Waals surface area contributed by atoms with Crippen LogP contribution in [0.3, 0.4) is 0 Å². The number of thiocyanates is 1. The molecule has 68 valence electrons. The second-order valence-corrected chi connectivity index (χ2v) is 4.48. The number of carbonyl (C=O) groups is 1. The van der Waals surface area contributed by atoms with Crippen molar-refractivity contribution < 1.29 is 4.79 Å². The maximum atomic E-state index is 10.8. The van der Waals surface area contributed by atoms with Gasteiger partial charge in [-0.2, -0.15) is 5.26 Å². The van der Waals surface area contributed by atoms with E-state index in [4.69, 9.17) is 5.26 Å². The zero-order chi connectivity index (χ0) is 9.97. The van der Waals surface area contributed by atoms with Crippen LogP contribution in [0.2, 0.25) is 0 Å². The van der Waals surface area contributed by atoms with Crippen molar-refractivity contribution in [2.45, 2.75) is 4.90 Å². The maximum absolute atomic E-state index is 10.8. The SMILES string of the molecule is N#CSc1c(C=O)sc2ccccc12. The van der Waals surface area contributed by atoms with Crippen LogP contribution in [0.25, 0.3) is 10.1 Å². The van der Waals surface area contributed by atoms with Crippen molar-refractivity contribution in [3.05, 3.63) is 29.1 Å². The molecule has 0 saturated carbocycles. The molecule has 0 saturated heterocycles. The lowest BCUT2D eigenvalue weighted by atomic mass is 10.2. The largest absolute Gasteiger partial charge is 0.297 e. The summed E-state index contributed by atoms with van der Waals surface area (Å²) in [4.78, 5) is 12.2. The molecule has 2 nitrogen and oxygen atoms in total. The fourth-order valence-corrected chi connectivity index (χ4v) is 3.03. The van der Waals surface area contributed by atoms with Crippen LogP contribution >= 0.6 is 23.1 Å². The molecule has 0 aliphatic carbocycles. The Labute approximate surface area is 89.2 Å². The standard InChI is InChI=1S/C10H5NOS2/c11-6-13-10-7-3-1-2-4-8(7)14-9(10)5-12/h1-5H. The van der Waals surface area contributed by atoms with Crippen molar-refractivity contribution in [3.63, 3.8) is 0 Å². The molecule has 0 spiro atoms. The summed E-state index contributed by atoms with van der Waals surface area (Å²) in [6.07, 6.45) is 0.810. The molecule has 2 rings (SSSR count).